The van der Waals surface area contributed by atoms with E-state index < -0.39 is 5.97 Å². The SMILES string of the molecule is O=C1OC(c2ccc(Cl)cc2)=N/C1=C(/Cl)N1CCCCC1. The van der Waals surface area contributed by atoms with Gasteiger partial charge in [0, 0.05) is 23.7 Å². The number of benzene rings is 1. The molecule has 1 fully saturated rings. The van der Waals surface area contributed by atoms with Gasteiger partial charge in [0.2, 0.25) is 5.90 Å². The first-order valence-corrected chi connectivity index (χ1v) is 7.62. The predicted octanol–water partition coefficient (Wildman–Crippen LogP) is 3.54. The molecular formula is C15H14Cl2N2O2. The maximum atomic E-state index is 12.0. The maximum absolute atomic E-state index is 12.0. The minimum Gasteiger partial charge on any atom is -0.402 e. The Hall–Kier alpha value is -1.52. The number of halogens is 2. The summed E-state index contributed by atoms with van der Waals surface area (Å²) in [6.45, 7) is 1.70. The van der Waals surface area contributed by atoms with Crippen molar-refractivity contribution in [2.45, 2.75) is 19.3 Å². The first-order valence-electron chi connectivity index (χ1n) is 6.86. The van der Waals surface area contributed by atoms with Gasteiger partial charge in [0.1, 0.15) is 5.16 Å². The van der Waals surface area contributed by atoms with E-state index in [4.69, 9.17) is 27.9 Å². The van der Waals surface area contributed by atoms with E-state index in [1.165, 1.54) is 6.42 Å². The number of esters is 1. The summed E-state index contributed by atoms with van der Waals surface area (Å²) in [6.07, 6.45) is 3.35. The largest absolute Gasteiger partial charge is 0.402 e. The van der Waals surface area contributed by atoms with E-state index in [0.29, 0.717) is 15.7 Å². The number of aliphatic imine (C=N–C) groups is 1. The molecule has 0 atom stereocenters. The zero-order valence-electron chi connectivity index (χ0n) is 11.3. The Kier molecular flexibility index (Phi) is 4.17. The van der Waals surface area contributed by atoms with Gasteiger partial charge in [-0.1, -0.05) is 23.2 Å². The summed E-state index contributed by atoms with van der Waals surface area (Å²) in [5.74, 6) is -0.239. The molecule has 1 saturated heterocycles. The van der Waals surface area contributed by atoms with E-state index in [1.807, 2.05) is 4.90 Å². The van der Waals surface area contributed by atoms with Crippen LogP contribution in [-0.4, -0.2) is 29.9 Å². The Morgan fingerprint density at radius 2 is 1.81 bits per heavy atom. The lowest BCUT2D eigenvalue weighted by Gasteiger charge is -2.27. The van der Waals surface area contributed by atoms with Crippen LogP contribution < -0.4 is 0 Å². The highest BCUT2D eigenvalue weighted by atomic mass is 35.5. The van der Waals surface area contributed by atoms with Crippen LogP contribution in [0.25, 0.3) is 0 Å². The number of carbonyl (C=O) groups excluding carboxylic acids is 1. The summed E-state index contributed by atoms with van der Waals surface area (Å²) >= 11 is 12.2. The fraction of sp³-hybridized carbons (Fsp3) is 0.333. The van der Waals surface area contributed by atoms with Gasteiger partial charge in [-0.15, -0.1) is 0 Å². The molecule has 0 aromatic heterocycles. The molecule has 4 nitrogen and oxygen atoms in total. The second-order valence-electron chi connectivity index (χ2n) is 5.00. The van der Waals surface area contributed by atoms with Crippen molar-refractivity contribution >= 4 is 35.1 Å². The van der Waals surface area contributed by atoms with Gasteiger partial charge in [0.05, 0.1) is 0 Å². The van der Waals surface area contributed by atoms with Crippen molar-refractivity contribution in [1.29, 1.82) is 0 Å². The minimum absolute atomic E-state index is 0.184. The number of likely N-dealkylation sites (tertiary alicyclic amines) is 1. The van der Waals surface area contributed by atoms with Crippen molar-refractivity contribution in [2.24, 2.45) is 4.99 Å². The average molecular weight is 325 g/mol. The van der Waals surface area contributed by atoms with Gasteiger partial charge >= 0.3 is 5.97 Å². The molecule has 6 heteroatoms. The molecule has 0 N–H and O–H groups in total. The maximum Gasteiger partial charge on any atom is 0.366 e. The van der Waals surface area contributed by atoms with Crippen LogP contribution in [0.2, 0.25) is 5.02 Å². The smallest absolute Gasteiger partial charge is 0.366 e. The third-order valence-corrected chi connectivity index (χ3v) is 4.19. The van der Waals surface area contributed by atoms with Gasteiger partial charge in [-0.3, -0.25) is 0 Å². The Labute approximate surface area is 133 Å². The quantitative estimate of drug-likeness (QED) is 0.474. The molecule has 2 heterocycles. The molecule has 0 aliphatic carbocycles. The highest BCUT2D eigenvalue weighted by molar-refractivity contribution is 6.32. The Bertz CT molecular complexity index is 617. The summed E-state index contributed by atoms with van der Waals surface area (Å²) < 4.78 is 5.21. The van der Waals surface area contributed by atoms with Crippen molar-refractivity contribution in [2.75, 3.05) is 13.1 Å². The third kappa shape index (κ3) is 3.06. The van der Waals surface area contributed by atoms with E-state index in [-0.39, 0.29) is 11.6 Å². The molecule has 2 aliphatic rings. The Morgan fingerprint density at radius 3 is 2.48 bits per heavy atom. The van der Waals surface area contributed by atoms with E-state index >= 15 is 0 Å². The van der Waals surface area contributed by atoms with Crippen LogP contribution in [0.5, 0.6) is 0 Å². The molecule has 110 valence electrons. The van der Waals surface area contributed by atoms with E-state index in [1.54, 1.807) is 24.3 Å². The second kappa shape index (κ2) is 6.08. The normalized spacial score (nSPS) is 21.1. The molecule has 2 aliphatic heterocycles. The molecule has 0 unspecified atom stereocenters. The van der Waals surface area contributed by atoms with Crippen molar-refractivity contribution in [3.8, 4) is 0 Å². The first-order chi connectivity index (χ1) is 10.1. The second-order valence-corrected chi connectivity index (χ2v) is 5.79. The minimum atomic E-state index is -0.504. The van der Waals surface area contributed by atoms with Crippen molar-refractivity contribution in [3.63, 3.8) is 0 Å². The lowest BCUT2D eigenvalue weighted by atomic mass is 10.1. The van der Waals surface area contributed by atoms with Crippen LogP contribution in [0.3, 0.4) is 0 Å². The van der Waals surface area contributed by atoms with Gasteiger partial charge in [-0.05, 0) is 43.5 Å². The van der Waals surface area contributed by atoms with Crippen molar-refractivity contribution < 1.29 is 9.53 Å². The molecule has 0 saturated carbocycles. The van der Waals surface area contributed by atoms with Gasteiger partial charge in [0.25, 0.3) is 0 Å². The van der Waals surface area contributed by atoms with E-state index in [2.05, 4.69) is 4.99 Å². The van der Waals surface area contributed by atoms with Crippen LogP contribution in [-0.2, 0) is 9.53 Å². The lowest BCUT2D eigenvalue weighted by Crippen LogP contribution is -2.28. The molecule has 3 rings (SSSR count). The fourth-order valence-corrected chi connectivity index (χ4v) is 2.81. The number of ether oxygens (including phenoxy) is 1. The fourth-order valence-electron chi connectivity index (χ4n) is 2.39. The number of cyclic esters (lactones) is 1. The summed E-state index contributed by atoms with van der Waals surface area (Å²) in [4.78, 5) is 18.2. The highest BCUT2D eigenvalue weighted by Gasteiger charge is 2.29. The van der Waals surface area contributed by atoms with Crippen LogP contribution in [0.4, 0.5) is 0 Å². The predicted molar refractivity (Wildman–Crippen MR) is 82.4 cm³/mol. The molecule has 1 aromatic carbocycles. The monoisotopic (exact) mass is 324 g/mol. The molecule has 0 amide bonds. The Balaban J connectivity index is 1.89. The molecule has 0 spiro atoms. The molecular weight excluding hydrogens is 311 g/mol. The lowest BCUT2D eigenvalue weighted by molar-refractivity contribution is -0.130. The summed E-state index contributed by atoms with van der Waals surface area (Å²) in [7, 11) is 0. The zero-order valence-corrected chi connectivity index (χ0v) is 12.8. The van der Waals surface area contributed by atoms with Gasteiger partial charge in [-0.25, -0.2) is 9.79 Å². The van der Waals surface area contributed by atoms with Crippen LogP contribution in [0, 0.1) is 0 Å². The van der Waals surface area contributed by atoms with Gasteiger partial charge in [-0.2, -0.15) is 0 Å². The molecule has 0 bridgehead atoms. The number of carbonyl (C=O) groups is 1. The Morgan fingerprint density at radius 1 is 1.14 bits per heavy atom. The van der Waals surface area contributed by atoms with Crippen molar-refractivity contribution in [3.05, 3.63) is 45.7 Å². The van der Waals surface area contributed by atoms with Gasteiger partial charge < -0.3 is 9.64 Å². The molecule has 1 aromatic rings. The van der Waals surface area contributed by atoms with Crippen LogP contribution in [0.1, 0.15) is 24.8 Å². The number of piperidine rings is 1. The summed E-state index contributed by atoms with van der Waals surface area (Å²) in [6, 6.07) is 6.96. The van der Waals surface area contributed by atoms with E-state index in [0.717, 1.165) is 25.9 Å². The summed E-state index contributed by atoms with van der Waals surface area (Å²) in [5.41, 5.74) is 0.884. The van der Waals surface area contributed by atoms with Crippen molar-refractivity contribution in [1.82, 2.24) is 4.90 Å². The number of hydrogen-bond acceptors (Lipinski definition) is 4. The number of nitrogens with zero attached hydrogens (tertiary/aromatic N) is 2. The average Bonchev–Trinajstić information content (AvgIpc) is 2.90. The first kappa shape index (κ1) is 14.4. The number of hydrogen-bond donors (Lipinski definition) is 0. The van der Waals surface area contributed by atoms with Crippen LogP contribution in [0.15, 0.2) is 40.1 Å². The third-order valence-electron chi connectivity index (χ3n) is 3.52. The summed E-state index contributed by atoms with van der Waals surface area (Å²) in [5, 5.41) is 0.995. The van der Waals surface area contributed by atoms with Crippen LogP contribution >= 0.6 is 23.2 Å². The number of rotatable bonds is 2. The standard InChI is InChI=1S/C15H14Cl2N2O2/c16-11-6-4-10(5-7-11)14-18-12(15(20)21-14)13(17)19-8-2-1-3-9-19/h4-7H,1-3,8-9H2/b13-12-. The molecule has 21 heavy (non-hydrogen) atoms. The highest BCUT2D eigenvalue weighted by Crippen LogP contribution is 2.26. The zero-order chi connectivity index (χ0) is 14.8. The topological polar surface area (TPSA) is 41.9 Å². The van der Waals surface area contributed by atoms with E-state index in [9.17, 15) is 4.79 Å². The molecule has 0 radical (unpaired) electrons. The van der Waals surface area contributed by atoms with Gasteiger partial charge in [0.15, 0.2) is 5.70 Å².